The maximum absolute atomic E-state index is 12.6. The average molecular weight is 426 g/mol. The van der Waals surface area contributed by atoms with Gasteiger partial charge in [-0.3, -0.25) is 24.3 Å². The van der Waals surface area contributed by atoms with E-state index in [1.54, 1.807) is 18.6 Å². The van der Waals surface area contributed by atoms with Crippen LogP contribution in [0.5, 0.6) is 0 Å². The Morgan fingerprint density at radius 2 is 2.07 bits per heavy atom. The van der Waals surface area contributed by atoms with Crippen molar-refractivity contribution in [3.8, 4) is 11.4 Å². The number of carbonyl (C=O) groups excluding carboxylic acids is 3. The van der Waals surface area contributed by atoms with Gasteiger partial charge in [0.25, 0.3) is 5.24 Å². The molecule has 4 rings (SSSR count). The largest absolute Gasteiger partial charge is 0.349 e. The van der Waals surface area contributed by atoms with E-state index >= 15 is 0 Å². The minimum atomic E-state index is -0.283. The lowest BCUT2D eigenvalue weighted by atomic mass is 9.74. The van der Waals surface area contributed by atoms with Crippen molar-refractivity contribution >= 4 is 28.8 Å². The van der Waals surface area contributed by atoms with E-state index in [2.05, 4.69) is 29.1 Å². The van der Waals surface area contributed by atoms with Crippen LogP contribution >= 0.6 is 11.8 Å². The second-order valence-electron chi connectivity index (χ2n) is 8.35. The number of hydrogen-bond acceptors (Lipinski definition) is 7. The molecule has 0 aromatic carbocycles. The van der Waals surface area contributed by atoms with Crippen molar-refractivity contribution in [1.29, 1.82) is 0 Å². The molecule has 2 aromatic rings. The van der Waals surface area contributed by atoms with Gasteiger partial charge >= 0.3 is 0 Å². The molecule has 3 amide bonds. The summed E-state index contributed by atoms with van der Waals surface area (Å²) in [4.78, 5) is 50.5. The van der Waals surface area contributed by atoms with Crippen molar-refractivity contribution in [3.05, 3.63) is 42.0 Å². The van der Waals surface area contributed by atoms with Gasteiger partial charge in [0.2, 0.25) is 11.8 Å². The molecule has 0 saturated carbocycles. The third kappa shape index (κ3) is 4.35. The van der Waals surface area contributed by atoms with Crippen molar-refractivity contribution in [1.82, 2.24) is 25.2 Å². The third-order valence-electron chi connectivity index (χ3n) is 5.35. The number of thioether (sulfide) groups is 1. The Kier molecular flexibility index (Phi) is 5.55. The fraction of sp³-hybridized carbons (Fsp3) is 0.429. The normalized spacial score (nSPS) is 20.2. The number of amides is 3. The van der Waals surface area contributed by atoms with Crippen LogP contribution < -0.4 is 5.32 Å². The summed E-state index contributed by atoms with van der Waals surface area (Å²) in [7, 11) is 0. The molecule has 1 aliphatic heterocycles. The number of imide groups is 1. The van der Waals surface area contributed by atoms with Gasteiger partial charge in [0, 0.05) is 42.7 Å². The standard InChI is InChI=1S/C21H23N5O3S/c1-21(2)9-15(24-17(27)5-8-26-18(28)12-30-20(26)29)14-11-23-19(25-16(14)10-21)13-3-6-22-7-4-13/h3-4,6-7,11,15H,5,8-10,12H2,1-2H3,(H,24,27). The molecular formula is C21H23N5O3S. The quantitative estimate of drug-likeness (QED) is 0.785. The van der Waals surface area contributed by atoms with Gasteiger partial charge in [-0.05, 0) is 30.4 Å². The van der Waals surface area contributed by atoms with E-state index in [9.17, 15) is 14.4 Å². The SMILES string of the molecule is CC1(C)Cc2nc(-c3ccncc3)ncc2C(NC(=O)CCN2C(=O)CSC2=O)C1. The van der Waals surface area contributed by atoms with E-state index in [4.69, 9.17) is 4.98 Å². The average Bonchev–Trinajstić information content (AvgIpc) is 3.03. The van der Waals surface area contributed by atoms with Crippen LogP contribution in [0.25, 0.3) is 11.4 Å². The molecule has 3 heterocycles. The van der Waals surface area contributed by atoms with Gasteiger partial charge in [-0.2, -0.15) is 0 Å². The van der Waals surface area contributed by atoms with Crippen LogP contribution in [0.15, 0.2) is 30.7 Å². The molecule has 1 unspecified atom stereocenters. The number of rotatable bonds is 5. The summed E-state index contributed by atoms with van der Waals surface area (Å²) in [6, 6.07) is 3.53. The maximum atomic E-state index is 12.6. The monoisotopic (exact) mass is 425 g/mol. The smallest absolute Gasteiger partial charge is 0.288 e. The summed E-state index contributed by atoms with van der Waals surface area (Å²) < 4.78 is 0. The predicted molar refractivity (Wildman–Crippen MR) is 112 cm³/mol. The van der Waals surface area contributed by atoms with Crippen LogP contribution in [0.2, 0.25) is 0 Å². The van der Waals surface area contributed by atoms with Crippen molar-refractivity contribution in [3.63, 3.8) is 0 Å². The first kappa shape index (κ1) is 20.5. The molecule has 30 heavy (non-hydrogen) atoms. The lowest BCUT2D eigenvalue weighted by Crippen LogP contribution is -2.39. The molecule has 8 nitrogen and oxygen atoms in total. The van der Waals surface area contributed by atoms with E-state index in [1.165, 1.54) is 0 Å². The molecule has 0 bridgehead atoms. The first-order chi connectivity index (χ1) is 14.3. The molecule has 1 N–H and O–H groups in total. The van der Waals surface area contributed by atoms with Gasteiger partial charge in [0.1, 0.15) is 0 Å². The number of nitrogens with one attached hydrogen (secondary N) is 1. The zero-order chi connectivity index (χ0) is 21.3. The van der Waals surface area contributed by atoms with Gasteiger partial charge in [-0.1, -0.05) is 25.6 Å². The summed E-state index contributed by atoms with van der Waals surface area (Å²) in [5.74, 6) is 0.364. The zero-order valence-electron chi connectivity index (χ0n) is 16.9. The van der Waals surface area contributed by atoms with Crippen molar-refractivity contribution in [2.45, 2.75) is 39.2 Å². The molecule has 156 valence electrons. The minimum absolute atomic E-state index is 0.0354. The Morgan fingerprint density at radius 1 is 1.30 bits per heavy atom. The van der Waals surface area contributed by atoms with Crippen molar-refractivity contribution < 1.29 is 14.4 Å². The van der Waals surface area contributed by atoms with Gasteiger partial charge in [-0.15, -0.1) is 0 Å². The summed E-state index contributed by atoms with van der Waals surface area (Å²) >= 11 is 0.976. The first-order valence-corrected chi connectivity index (χ1v) is 10.8. The zero-order valence-corrected chi connectivity index (χ0v) is 17.7. The number of hydrogen-bond donors (Lipinski definition) is 1. The van der Waals surface area contributed by atoms with Crippen LogP contribution in [0.1, 0.15) is 44.0 Å². The Bertz CT molecular complexity index is 979. The molecule has 9 heteroatoms. The van der Waals surface area contributed by atoms with Gasteiger partial charge in [0.05, 0.1) is 17.5 Å². The Hall–Kier alpha value is -2.81. The highest BCUT2D eigenvalue weighted by atomic mass is 32.2. The van der Waals surface area contributed by atoms with E-state index in [1.807, 2.05) is 12.1 Å². The Balaban J connectivity index is 1.49. The second-order valence-corrected chi connectivity index (χ2v) is 9.27. The van der Waals surface area contributed by atoms with Crippen LogP contribution in [-0.2, 0) is 16.0 Å². The first-order valence-electron chi connectivity index (χ1n) is 9.85. The highest BCUT2D eigenvalue weighted by Gasteiger charge is 2.35. The summed E-state index contributed by atoms with van der Waals surface area (Å²) in [6.45, 7) is 4.42. The van der Waals surface area contributed by atoms with Gasteiger partial charge in [0.15, 0.2) is 5.82 Å². The van der Waals surface area contributed by atoms with Crippen LogP contribution in [0.4, 0.5) is 4.79 Å². The number of fused-ring (bicyclic) bond motifs is 1. The Morgan fingerprint density at radius 3 is 2.77 bits per heavy atom. The molecular weight excluding hydrogens is 402 g/mol. The lowest BCUT2D eigenvalue weighted by molar-refractivity contribution is -0.125. The highest BCUT2D eigenvalue weighted by Crippen LogP contribution is 2.40. The number of nitrogens with zero attached hydrogens (tertiary/aromatic N) is 4. The van der Waals surface area contributed by atoms with Crippen LogP contribution in [0, 0.1) is 5.41 Å². The highest BCUT2D eigenvalue weighted by molar-refractivity contribution is 8.14. The second kappa shape index (κ2) is 8.14. The molecule has 0 spiro atoms. The molecule has 0 radical (unpaired) electrons. The molecule has 1 atom stereocenters. The summed E-state index contributed by atoms with van der Waals surface area (Å²) in [5.41, 5.74) is 2.71. The fourth-order valence-corrected chi connectivity index (χ4v) is 4.64. The van der Waals surface area contributed by atoms with Crippen LogP contribution in [0.3, 0.4) is 0 Å². The van der Waals surface area contributed by atoms with Crippen LogP contribution in [-0.4, -0.2) is 49.2 Å². The molecule has 1 fully saturated rings. The van der Waals surface area contributed by atoms with Crippen molar-refractivity contribution in [2.24, 2.45) is 5.41 Å². The fourth-order valence-electron chi connectivity index (χ4n) is 3.89. The molecule has 2 aliphatic rings. The summed E-state index contributed by atoms with van der Waals surface area (Å²) in [6.07, 6.45) is 6.85. The topological polar surface area (TPSA) is 105 Å². The number of carbonyl (C=O) groups is 3. The molecule has 1 saturated heterocycles. The third-order valence-corrected chi connectivity index (χ3v) is 6.21. The molecule has 2 aromatic heterocycles. The predicted octanol–water partition coefficient (Wildman–Crippen LogP) is 2.75. The molecule has 1 aliphatic carbocycles. The maximum Gasteiger partial charge on any atom is 0.288 e. The van der Waals surface area contributed by atoms with E-state index in [-0.39, 0.29) is 47.2 Å². The van der Waals surface area contributed by atoms with Gasteiger partial charge < -0.3 is 5.32 Å². The lowest BCUT2D eigenvalue weighted by Gasteiger charge is -2.36. The summed E-state index contributed by atoms with van der Waals surface area (Å²) in [5, 5.41) is 2.78. The van der Waals surface area contributed by atoms with Crippen molar-refractivity contribution in [2.75, 3.05) is 12.3 Å². The number of pyridine rings is 1. The minimum Gasteiger partial charge on any atom is -0.349 e. The number of aromatic nitrogens is 3. The van der Waals surface area contributed by atoms with E-state index in [0.29, 0.717) is 5.82 Å². The van der Waals surface area contributed by atoms with E-state index in [0.717, 1.165) is 46.3 Å². The van der Waals surface area contributed by atoms with Gasteiger partial charge in [-0.25, -0.2) is 9.97 Å². The Labute approximate surface area is 178 Å². The van der Waals surface area contributed by atoms with E-state index < -0.39 is 0 Å².